The lowest BCUT2D eigenvalue weighted by atomic mass is 9.91. The molecular weight excluding hydrogens is 264 g/mol. The Hall–Kier alpha value is -0.610. The summed E-state index contributed by atoms with van der Waals surface area (Å²) in [5.41, 5.74) is 0.0904. The van der Waals surface area contributed by atoms with Crippen LogP contribution in [-0.2, 0) is 9.53 Å². The van der Waals surface area contributed by atoms with Crippen molar-refractivity contribution >= 4 is 5.91 Å². The normalized spacial score (nSPS) is 25.1. The molecule has 0 aromatic heterocycles. The standard InChI is InChI=1S/C17H32N2O2/c1-17(2,3)11-16(20)19-8-6-15(7-9-19)18-12-14-5-4-10-21-13-14/h14-15,18H,4-13H2,1-3H3. The zero-order chi connectivity index (χ0) is 15.3. The van der Waals surface area contributed by atoms with Crippen LogP contribution in [0.25, 0.3) is 0 Å². The first-order valence-corrected chi connectivity index (χ1v) is 8.53. The van der Waals surface area contributed by atoms with Gasteiger partial charge in [-0.1, -0.05) is 20.8 Å². The van der Waals surface area contributed by atoms with Crippen LogP contribution in [0.2, 0.25) is 0 Å². The van der Waals surface area contributed by atoms with Gasteiger partial charge in [0, 0.05) is 38.7 Å². The SMILES string of the molecule is CC(C)(C)CC(=O)N1CCC(NCC2CCCOC2)CC1. The molecule has 0 bridgehead atoms. The molecule has 1 amide bonds. The van der Waals surface area contributed by atoms with Crippen LogP contribution in [0.3, 0.4) is 0 Å². The van der Waals surface area contributed by atoms with Crippen LogP contribution < -0.4 is 5.32 Å². The third-order valence-corrected chi connectivity index (χ3v) is 4.48. The topological polar surface area (TPSA) is 41.6 Å². The zero-order valence-corrected chi connectivity index (χ0v) is 14.0. The minimum Gasteiger partial charge on any atom is -0.381 e. The van der Waals surface area contributed by atoms with Crippen LogP contribution in [-0.4, -0.2) is 49.7 Å². The average Bonchev–Trinajstić information content (AvgIpc) is 2.45. The van der Waals surface area contributed by atoms with Crippen molar-refractivity contribution < 1.29 is 9.53 Å². The van der Waals surface area contributed by atoms with Gasteiger partial charge in [-0.25, -0.2) is 0 Å². The van der Waals surface area contributed by atoms with Gasteiger partial charge in [0.05, 0.1) is 6.61 Å². The van der Waals surface area contributed by atoms with E-state index in [9.17, 15) is 4.79 Å². The van der Waals surface area contributed by atoms with E-state index in [1.165, 1.54) is 12.8 Å². The van der Waals surface area contributed by atoms with E-state index in [2.05, 4.69) is 26.1 Å². The lowest BCUT2D eigenvalue weighted by Gasteiger charge is -2.35. The van der Waals surface area contributed by atoms with E-state index in [0.29, 0.717) is 24.3 Å². The number of nitrogens with zero attached hydrogens (tertiary/aromatic N) is 1. The van der Waals surface area contributed by atoms with E-state index >= 15 is 0 Å². The summed E-state index contributed by atoms with van der Waals surface area (Å²) in [5, 5.41) is 3.68. The van der Waals surface area contributed by atoms with E-state index in [1.54, 1.807) is 0 Å². The highest BCUT2D eigenvalue weighted by Gasteiger charge is 2.26. The van der Waals surface area contributed by atoms with Crippen LogP contribution in [0.4, 0.5) is 0 Å². The summed E-state index contributed by atoms with van der Waals surface area (Å²) >= 11 is 0. The molecule has 0 aliphatic carbocycles. The molecule has 1 unspecified atom stereocenters. The number of piperidine rings is 1. The maximum atomic E-state index is 12.2. The predicted octanol–water partition coefficient (Wildman–Crippen LogP) is 2.43. The molecule has 0 spiro atoms. The first-order chi connectivity index (χ1) is 9.94. The molecule has 0 aromatic carbocycles. The van der Waals surface area contributed by atoms with Gasteiger partial charge in [0.1, 0.15) is 0 Å². The Labute approximate surface area is 129 Å². The van der Waals surface area contributed by atoms with Crippen molar-refractivity contribution in [2.75, 3.05) is 32.8 Å². The van der Waals surface area contributed by atoms with Crippen molar-refractivity contribution in [3.05, 3.63) is 0 Å². The van der Waals surface area contributed by atoms with Gasteiger partial charge in [0.15, 0.2) is 0 Å². The van der Waals surface area contributed by atoms with Crippen molar-refractivity contribution in [3.63, 3.8) is 0 Å². The number of carbonyl (C=O) groups excluding carboxylic acids is 1. The quantitative estimate of drug-likeness (QED) is 0.866. The highest BCUT2D eigenvalue weighted by Crippen LogP contribution is 2.22. The molecule has 21 heavy (non-hydrogen) atoms. The Morgan fingerprint density at radius 2 is 1.95 bits per heavy atom. The Balaban J connectivity index is 1.64. The Morgan fingerprint density at radius 3 is 2.52 bits per heavy atom. The summed E-state index contributed by atoms with van der Waals surface area (Å²) in [6, 6.07) is 0.575. The molecule has 1 atom stereocenters. The van der Waals surface area contributed by atoms with Gasteiger partial charge in [-0.05, 0) is 37.0 Å². The maximum Gasteiger partial charge on any atom is 0.223 e. The molecular formula is C17H32N2O2. The zero-order valence-electron chi connectivity index (χ0n) is 14.0. The summed E-state index contributed by atoms with van der Waals surface area (Å²) < 4.78 is 5.52. The molecule has 2 saturated heterocycles. The number of rotatable bonds is 4. The number of hydrogen-bond donors (Lipinski definition) is 1. The molecule has 2 fully saturated rings. The Bertz CT molecular complexity index is 324. The fourth-order valence-electron chi connectivity index (χ4n) is 3.20. The molecule has 1 N–H and O–H groups in total. The van der Waals surface area contributed by atoms with Crippen molar-refractivity contribution in [3.8, 4) is 0 Å². The largest absolute Gasteiger partial charge is 0.381 e. The lowest BCUT2D eigenvalue weighted by Crippen LogP contribution is -2.47. The third-order valence-electron chi connectivity index (χ3n) is 4.48. The van der Waals surface area contributed by atoms with Gasteiger partial charge in [0.2, 0.25) is 5.91 Å². The van der Waals surface area contributed by atoms with Gasteiger partial charge in [0.25, 0.3) is 0 Å². The van der Waals surface area contributed by atoms with Crippen LogP contribution >= 0.6 is 0 Å². The molecule has 0 saturated carbocycles. The van der Waals surface area contributed by atoms with Crippen LogP contribution in [0, 0.1) is 11.3 Å². The molecule has 2 aliphatic rings. The van der Waals surface area contributed by atoms with E-state index in [-0.39, 0.29) is 5.41 Å². The van der Waals surface area contributed by atoms with E-state index in [0.717, 1.165) is 45.7 Å². The highest BCUT2D eigenvalue weighted by atomic mass is 16.5. The summed E-state index contributed by atoms with van der Waals surface area (Å²) in [6.45, 7) is 11.1. The highest BCUT2D eigenvalue weighted by molar-refractivity contribution is 5.76. The van der Waals surface area contributed by atoms with Crippen molar-refractivity contribution in [2.45, 2.75) is 58.9 Å². The summed E-state index contributed by atoms with van der Waals surface area (Å²) in [4.78, 5) is 14.3. The van der Waals surface area contributed by atoms with Crippen LogP contribution in [0.15, 0.2) is 0 Å². The van der Waals surface area contributed by atoms with Gasteiger partial charge in [-0.15, -0.1) is 0 Å². The number of carbonyl (C=O) groups is 1. The van der Waals surface area contributed by atoms with Crippen molar-refractivity contribution in [2.24, 2.45) is 11.3 Å². The van der Waals surface area contributed by atoms with E-state index in [4.69, 9.17) is 4.74 Å². The predicted molar refractivity (Wildman–Crippen MR) is 85.2 cm³/mol. The maximum absolute atomic E-state index is 12.2. The third kappa shape index (κ3) is 5.95. The second kappa shape index (κ2) is 7.59. The Kier molecular flexibility index (Phi) is 6.06. The first-order valence-electron chi connectivity index (χ1n) is 8.53. The molecule has 2 rings (SSSR count). The first kappa shape index (κ1) is 16.8. The minimum absolute atomic E-state index is 0.0904. The van der Waals surface area contributed by atoms with Crippen molar-refractivity contribution in [1.82, 2.24) is 10.2 Å². The van der Waals surface area contributed by atoms with Gasteiger partial charge < -0.3 is 15.0 Å². The number of ether oxygens (including phenoxy) is 1. The smallest absolute Gasteiger partial charge is 0.223 e. The number of likely N-dealkylation sites (tertiary alicyclic amines) is 1. The Morgan fingerprint density at radius 1 is 1.24 bits per heavy atom. The number of amides is 1. The second-order valence-corrected chi connectivity index (χ2v) is 7.88. The number of nitrogens with one attached hydrogen (secondary N) is 1. The summed E-state index contributed by atoms with van der Waals surface area (Å²) in [7, 11) is 0. The lowest BCUT2D eigenvalue weighted by molar-refractivity contribution is -0.134. The minimum atomic E-state index is 0.0904. The van der Waals surface area contributed by atoms with Crippen LogP contribution in [0.5, 0.6) is 0 Å². The summed E-state index contributed by atoms with van der Waals surface area (Å²) in [5.74, 6) is 1.00. The molecule has 0 aromatic rings. The van der Waals surface area contributed by atoms with Crippen LogP contribution in [0.1, 0.15) is 52.9 Å². The monoisotopic (exact) mass is 296 g/mol. The summed E-state index contributed by atoms with van der Waals surface area (Å²) in [6.07, 6.45) is 5.32. The molecule has 2 heterocycles. The molecule has 4 heteroatoms. The number of hydrogen-bond acceptors (Lipinski definition) is 3. The second-order valence-electron chi connectivity index (χ2n) is 7.88. The molecule has 4 nitrogen and oxygen atoms in total. The fourth-order valence-corrected chi connectivity index (χ4v) is 3.20. The average molecular weight is 296 g/mol. The van der Waals surface area contributed by atoms with E-state index < -0.39 is 0 Å². The molecule has 0 radical (unpaired) electrons. The van der Waals surface area contributed by atoms with E-state index in [1.807, 2.05) is 4.90 Å². The van der Waals surface area contributed by atoms with Gasteiger partial charge in [-0.2, -0.15) is 0 Å². The fraction of sp³-hybridized carbons (Fsp3) is 0.941. The molecule has 122 valence electrons. The van der Waals surface area contributed by atoms with Gasteiger partial charge >= 0.3 is 0 Å². The molecule has 2 aliphatic heterocycles. The van der Waals surface area contributed by atoms with Crippen molar-refractivity contribution in [1.29, 1.82) is 0 Å². The van der Waals surface area contributed by atoms with Gasteiger partial charge in [-0.3, -0.25) is 4.79 Å².